The lowest BCUT2D eigenvalue weighted by Gasteiger charge is -2.14. The highest BCUT2D eigenvalue weighted by molar-refractivity contribution is 5.72. The Morgan fingerprint density at radius 1 is 1.11 bits per heavy atom. The monoisotopic (exact) mass is 253 g/mol. The van der Waals surface area contributed by atoms with Crippen molar-refractivity contribution in [3.8, 4) is 5.75 Å². The fraction of sp³-hybridized carbons (Fsp3) is 0.533. The van der Waals surface area contributed by atoms with Crippen LogP contribution in [0.25, 0.3) is 0 Å². The van der Waals surface area contributed by atoms with E-state index in [9.17, 15) is 4.79 Å². The number of ether oxygens (including phenoxy) is 1. The lowest BCUT2D eigenvalue weighted by atomic mass is 10.2. The highest BCUT2D eigenvalue weighted by Crippen LogP contribution is 2.12. The highest BCUT2D eigenvalue weighted by Gasteiger charge is 2.02. The van der Waals surface area contributed by atoms with E-state index in [1.165, 1.54) is 0 Å². The summed E-state index contributed by atoms with van der Waals surface area (Å²) >= 11 is 0. The summed E-state index contributed by atoms with van der Waals surface area (Å²) in [6, 6.07) is 7.70. The Morgan fingerprint density at radius 3 is 1.89 bits per heavy atom. The third-order valence-electron chi connectivity index (χ3n) is 2.12. The Hall–Kier alpha value is -1.51. The van der Waals surface area contributed by atoms with E-state index in [4.69, 9.17) is 4.74 Å². The number of hydrogen-bond donors (Lipinski definition) is 0. The maximum absolute atomic E-state index is 11.0. The molecule has 0 aliphatic carbocycles. The minimum absolute atomic E-state index is 0.0702. The molecule has 0 aliphatic heterocycles. The van der Waals surface area contributed by atoms with Crippen LogP contribution in [0.5, 0.6) is 5.75 Å². The Morgan fingerprint density at radius 2 is 1.56 bits per heavy atom. The number of benzene rings is 1. The molecule has 3 heteroatoms. The lowest BCUT2D eigenvalue weighted by molar-refractivity contribution is -0.128. The van der Waals surface area contributed by atoms with Gasteiger partial charge in [0.25, 0.3) is 0 Å². The summed E-state index contributed by atoms with van der Waals surface area (Å²) in [5.41, 5.74) is 1.10. The van der Waals surface area contributed by atoms with Crippen LogP contribution >= 0.6 is 0 Å². The predicted octanol–water partition coefficient (Wildman–Crippen LogP) is 3.73. The van der Waals surface area contributed by atoms with Crippen LogP contribution in [0.15, 0.2) is 24.3 Å². The number of rotatable bonds is 3. The van der Waals surface area contributed by atoms with E-state index in [1.54, 1.807) is 26.0 Å². The van der Waals surface area contributed by atoms with E-state index >= 15 is 0 Å². The van der Waals surface area contributed by atoms with Crippen LogP contribution in [-0.4, -0.2) is 25.0 Å². The van der Waals surface area contributed by atoms with E-state index in [0.717, 1.165) is 11.3 Å². The summed E-state index contributed by atoms with van der Waals surface area (Å²) in [7, 11) is 3.42. The normalized spacial score (nSPS) is 8.17. The summed E-state index contributed by atoms with van der Waals surface area (Å²) in [4.78, 5) is 12.6. The third kappa shape index (κ3) is 7.71. The molecule has 0 atom stereocenters. The molecule has 1 aromatic rings. The van der Waals surface area contributed by atoms with Crippen molar-refractivity contribution in [2.75, 3.05) is 14.2 Å². The molecule has 3 nitrogen and oxygen atoms in total. The first-order chi connectivity index (χ1) is 8.63. The van der Waals surface area contributed by atoms with Gasteiger partial charge in [-0.3, -0.25) is 4.79 Å². The van der Waals surface area contributed by atoms with Crippen molar-refractivity contribution in [3.05, 3.63) is 29.8 Å². The van der Waals surface area contributed by atoms with Crippen LogP contribution in [0.2, 0.25) is 0 Å². The van der Waals surface area contributed by atoms with Crippen LogP contribution in [0.4, 0.5) is 0 Å². The first-order valence-corrected chi connectivity index (χ1v) is 6.48. The predicted molar refractivity (Wildman–Crippen MR) is 77.8 cm³/mol. The number of carbonyl (C=O) groups is 1. The summed E-state index contributed by atoms with van der Waals surface area (Å²) in [6.07, 6.45) is 0. The molecule has 0 spiro atoms. The van der Waals surface area contributed by atoms with Gasteiger partial charge < -0.3 is 9.64 Å². The molecule has 0 aliphatic rings. The fourth-order valence-corrected chi connectivity index (χ4v) is 1.12. The Kier molecular flexibility index (Phi) is 12.5. The van der Waals surface area contributed by atoms with Crippen LogP contribution in [-0.2, 0) is 11.3 Å². The molecular weight excluding hydrogens is 226 g/mol. The number of methoxy groups -OCH3 is 1. The smallest absolute Gasteiger partial charge is 0.219 e. The molecule has 1 rings (SSSR count). The second-order valence-corrected chi connectivity index (χ2v) is 3.22. The Balaban J connectivity index is 0. The molecule has 0 radical (unpaired) electrons. The van der Waals surface area contributed by atoms with Crippen LogP contribution in [0.1, 0.15) is 40.2 Å². The molecule has 1 aromatic carbocycles. The molecule has 104 valence electrons. The zero-order chi connectivity index (χ0) is 14.6. The lowest BCUT2D eigenvalue weighted by Crippen LogP contribution is -2.22. The number of hydrogen-bond acceptors (Lipinski definition) is 2. The van der Waals surface area contributed by atoms with Gasteiger partial charge in [-0.05, 0) is 17.7 Å². The second kappa shape index (κ2) is 12.0. The molecule has 0 heterocycles. The topological polar surface area (TPSA) is 29.5 Å². The Bertz CT molecular complexity index is 307. The molecule has 0 saturated carbocycles. The molecule has 0 fully saturated rings. The zero-order valence-corrected chi connectivity index (χ0v) is 12.8. The van der Waals surface area contributed by atoms with Crippen LogP contribution in [0, 0.1) is 0 Å². The Labute approximate surface area is 112 Å². The van der Waals surface area contributed by atoms with Gasteiger partial charge in [-0.1, -0.05) is 39.8 Å². The molecule has 1 amide bonds. The van der Waals surface area contributed by atoms with Crippen molar-refractivity contribution in [3.63, 3.8) is 0 Å². The van der Waals surface area contributed by atoms with Gasteiger partial charge in [0.05, 0.1) is 7.11 Å². The average molecular weight is 253 g/mol. The van der Waals surface area contributed by atoms with Crippen molar-refractivity contribution in [1.82, 2.24) is 4.90 Å². The fourth-order valence-electron chi connectivity index (χ4n) is 1.12. The largest absolute Gasteiger partial charge is 0.497 e. The van der Waals surface area contributed by atoms with Crippen molar-refractivity contribution in [2.45, 2.75) is 41.2 Å². The van der Waals surface area contributed by atoms with Gasteiger partial charge in [-0.15, -0.1) is 0 Å². The summed E-state index contributed by atoms with van der Waals surface area (Å²) in [5.74, 6) is 0.903. The first-order valence-electron chi connectivity index (χ1n) is 6.48. The third-order valence-corrected chi connectivity index (χ3v) is 2.12. The van der Waals surface area contributed by atoms with Crippen molar-refractivity contribution < 1.29 is 9.53 Å². The van der Waals surface area contributed by atoms with Gasteiger partial charge in [-0.2, -0.15) is 0 Å². The van der Waals surface area contributed by atoms with Gasteiger partial charge in [0.1, 0.15) is 5.75 Å². The summed E-state index contributed by atoms with van der Waals surface area (Å²) < 4.78 is 5.04. The van der Waals surface area contributed by atoms with Gasteiger partial charge in [0.15, 0.2) is 0 Å². The summed E-state index contributed by atoms with van der Waals surface area (Å²) in [6.45, 7) is 10.2. The summed E-state index contributed by atoms with van der Waals surface area (Å²) in [5, 5.41) is 0. The van der Waals surface area contributed by atoms with Crippen molar-refractivity contribution in [1.29, 1.82) is 0 Å². The first kappa shape index (κ1) is 18.8. The molecular formula is C15H27NO2. The molecule has 0 N–H and O–H groups in total. The number of nitrogens with zero attached hydrogens (tertiary/aromatic N) is 1. The molecule has 0 bridgehead atoms. The van der Waals surface area contributed by atoms with Gasteiger partial charge in [-0.25, -0.2) is 0 Å². The molecule has 18 heavy (non-hydrogen) atoms. The average Bonchev–Trinajstić information content (AvgIpc) is 2.44. The van der Waals surface area contributed by atoms with Gasteiger partial charge in [0.2, 0.25) is 5.91 Å². The van der Waals surface area contributed by atoms with Crippen LogP contribution in [0.3, 0.4) is 0 Å². The van der Waals surface area contributed by atoms with Gasteiger partial charge in [0, 0.05) is 20.5 Å². The van der Waals surface area contributed by atoms with E-state index in [0.29, 0.717) is 6.54 Å². The highest BCUT2D eigenvalue weighted by atomic mass is 16.5. The maximum Gasteiger partial charge on any atom is 0.219 e. The van der Waals surface area contributed by atoms with Crippen molar-refractivity contribution >= 4 is 5.91 Å². The molecule has 0 saturated heterocycles. The van der Waals surface area contributed by atoms with Crippen LogP contribution < -0.4 is 4.74 Å². The van der Waals surface area contributed by atoms with E-state index in [1.807, 2.05) is 52.0 Å². The molecule has 0 aromatic heterocycles. The minimum atomic E-state index is 0.0702. The van der Waals surface area contributed by atoms with E-state index in [-0.39, 0.29) is 5.91 Å². The standard InChI is InChI=1S/C11H15NO2.2C2H6/c1-9(13)12(2)8-10-4-6-11(14-3)7-5-10;2*1-2/h4-7H,8H2,1-3H3;2*1-2H3. The number of carbonyl (C=O) groups excluding carboxylic acids is 1. The number of amides is 1. The quantitative estimate of drug-likeness (QED) is 0.821. The van der Waals surface area contributed by atoms with E-state index in [2.05, 4.69) is 0 Å². The maximum atomic E-state index is 11.0. The van der Waals surface area contributed by atoms with E-state index < -0.39 is 0 Å². The van der Waals surface area contributed by atoms with Crippen molar-refractivity contribution in [2.24, 2.45) is 0 Å². The SMILES string of the molecule is CC.CC.COc1ccc(CN(C)C(C)=O)cc1. The minimum Gasteiger partial charge on any atom is -0.497 e. The molecule has 0 unspecified atom stereocenters. The second-order valence-electron chi connectivity index (χ2n) is 3.22. The van der Waals surface area contributed by atoms with Gasteiger partial charge >= 0.3 is 0 Å². The zero-order valence-electron chi connectivity index (χ0n) is 12.8.